The van der Waals surface area contributed by atoms with Crippen molar-refractivity contribution in [2.75, 3.05) is 0 Å². The predicted molar refractivity (Wildman–Crippen MR) is 99.9 cm³/mol. The van der Waals surface area contributed by atoms with E-state index in [1.54, 1.807) is 0 Å². The van der Waals surface area contributed by atoms with Crippen LogP contribution in [0.3, 0.4) is 0 Å². The lowest BCUT2D eigenvalue weighted by Gasteiger charge is -2.42. The minimum atomic E-state index is -0.813. The van der Waals surface area contributed by atoms with Gasteiger partial charge in [0.1, 0.15) is 6.10 Å². The second-order valence-corrected chi connectivity index (χ2v) is 10.5. The van der Waals surface area contributed by atoms with Crippen molar-refractivity contribution in [2.24, 2.45) is 32.7 Å². The number of carbonyl (C=O) groups excluding carboxylic acids is 1. The molecule has 0 saturated heterocycles. The van der Waals surface area contributed by atoms with E-state index < -0.39 is 11.5 Å². The van der Waals surface area contributed by atoms with Gasteiger partial charge in [0.25, 0.3) is 0 Å². The highest BCUT2D eigenvalue weighted by Gasteiger charge is 2.63. The van der Waals surface area contributed by atoms with Gasteiger partial charge in [0, 0.05) is 10.3 Å². The Labute approximate surface area is 152 Å². The van der Waals surface area contributed by atoms with Gasteiger partial charge in [-0.15, -0.1) is 0 Å². The van der Waals surface area contributed by atoms with E-state index in [1.165, 1.54) is 6.42 Å². The Hall–Kier alpha value is -1.22. The zero-order valence-electron chi connectivity index (χ0n) is 17.2. The van der Waals surface area contributed by atoms with Crippen molar-refractivity contribution in [3.05, 3.63) is 10.4 Å². The molecule has 5 heteroatoms. The summed E-state index contributed by atoms with van der Waals surface area (Å²) in [6.45, 7) is 16.9. The maximum Gasteiger partial charge on any atom is 0.312 e. The summed E-state index contributed by atoms with van der Waals surface area (Å²) in [5.41, 5.74) is 8.23. The van der Waals surface area contributed by atoms with Crippen molar-refractivity contribution in [1.29, 1.82) is 0 Å². The Morgan fingerprint density at radius 2 is 1.92 bits per heavy atom. The average Bonchev–Trinajstić information content (AvgIpc) is 2.78. The number of fused-ring (bicyclic) bond motifs is 2. The first-order valence-corrected chi connectivity index (χ1v) is 9.53. The summed E-state index contributed by atoms with van der Waals surface area (Å²) in [6.07, 6.45) is 3.88. The summed E-state index contributed by atoms with van der Waals surface area (Å²) in [6, 6.07) is -0.441. The van der Waals surface area contributed by atoms with Gasteiger partial charge >= 0.3 is 5.97 Å². The summed E-state index contributed by atoms with van der Waals surface area (Å²) in [5.74, 6) is 0.413. The topological polar surface area (TPSA) is 75.1 Å². The van der Waals surface area contributed by atoms with Gasteiger partial charge < -0.3 is 4.74 Å². The molecule has 0 aromatic rings. The molecular weight excluding hydrogens is 314 g/mol. The predicted octanol–water partition coefficient (Wildman–Crippen LogP) is 5.89. The molecule has 2 saturated carbocycles. The third kappa shape index (κ3) is 3.28. The highest BCUT2D eigenvalue weighted by atomic mass is 16.5. The maximum atomic E-state index is 13.2. The third-order valence-electron chi connectivity index (χ3n) is 7.47. The Morgan fingerprint density at radius 1 is 1.32 bits per heavy atom. The molecule has 2 bridgehead atoms. The maximum absolute atomic E-state index is 13.2. The smallest absolute Gasteiger partial charge is 0.312 e. The molecule has 0 aromatic carbocycles. The second-order valence-electron chi connectivity index (χ2n) is 10.5. The summed E-state index contributed by atoms with van der Waals surface area (Å²) >= 11 is 0. The fourth-order valence-electron chi connectivity index (χ4n) is 5.27. The average molecular weight is 350 g/mol. The minimum Gasteiger partial charge on any atom is -0.461 e. The monoisotopic (exact) mass is 349 g/mol. The molecule has 5 atom stereocenters. The molecule has 142 valence electrons. The lowest BCUT2D eigenvalue weighted by Crippen LogP contribution is -2.46. The minimum absolute atomic E-state index is 0.0358. The number of azide groups is 1. The SMILES string of the molecule is CC(N=[N+]=[N-])C(C)(CC(C)(C)C)C(=O)OC1CC2CCC1(C)C2(C)C. The number of hydrogen-bond acceptors (Lipinski definition) is 3. The van der Waals surface area contributed by atoms with E-state index in [9.17, 15) is 4.79 Å². The molecule has 0 aromatic heterocycles. The molecule has 0 aliphatic heterocycles. The molecule has 2 aliphatic carbocycles. The molecule has 2 aliphatic rings. The van der Waals surface area contributed by atoms with Crippen molar-refractivity contribution in [3.63, 3.8) is 0 Å². The number of esters is 1. The number of nitrogens with zero attached hydrogens (tertiary/aromatic N) is 3. The number of carbonyl (C=O) groups is 1. The largest absolute Gasteiger partial charge is 0.461 e. The van der Waals surface area contributed by atoms with E-state index in [0.29, 0.717) is 12.3 Å². The third-order valence-corrected chi connectivity index (χ3v) is 7.47. The number of rotatable bonds is 5. The van der Waals surface area contributed by atoms with Crippen molar-refractivity contribution in [1.82, 2.24) is 0 Å². The normalized spacial score (nSPS) is 34.1. The first-order chi connectivity index (χ1) is 11.3. The van der Waals surface area contributed by atoms with Crippen LogP contribution in [0.4, 0.5) is 0 Å². The lowest BCUT2D eigenvalue weighted by atomic mass is 9.69. The van der Waals surface area contributed by atoms with E-state index in [0.717, 1.165) is 12.8 Å². The molecule has 0 N–H and O–H groups in total. The molecule has 0 heterocycles. The van der Waals surface area contributed by atoms with Crippen LogP contribution in [-0.4, -0.2) is 18.1 Å². The second kappa shape index (κ2) is 6.19. The zero-order chi connectivity index (χ0) is 19.3. The van der Waals surface area contributed by atoms with Crippen LogP contribution in [0.15, 0.2) is 5.11 Å². The summed E-state index contributed by atoms with van der Waals surface area (Å²) in [5, 5.41) is 3.85. The zero-order valence-corrected chi connectivity index (χ0v) is 17.2. The van der Waals surface area contributed by atoms with E-state index in [-0.39, 0.29) is 28.3 Å². The quantitative estimate of drug-likeness (QED) is 0.269. The fraction of sp³-hybridized carbons (Fsp3) is 0.950. The van der Waals surface area contributed by atoms with Crippen LogP contribution in [0.2, 0.25) is 0 Å². The summed E-state index contributed by atoms with van der Waals surface area (Å²) < 4.78 is 6.14. The number of hydrogen-bond donors (Lipinski definition) is 0. The van der Waals surface area contributed by atoms with Gasteiger partial charge in [-0.2, -0.15) is 0 Å². The van der Waals surface area contributed by atoms with Crippen LogP contribution in [0.5, 0.6) is 0 Å². The molecule has 25 heavy (non-hydrogen) atoms. The van der Waals surface area contributed by atoms with Crippen LogP contribution in [0, 0.1) is 27.6 Å². The van der Waals surface area contributed by atoms with Gasteiger partial charge in [-0.1, -0.05) is 53.6 Å². The van der Waals surface area contributed by atoms with Crippen molar-refractivity contribution in [2.45, 2.75) is 93.2 Å². The van der Waals surface area contributed by atoms with E-state index in [4.69, 9.17) is 10.3 Å². The van der Waals surface area contributed by atoms with Gasteiger partial charge in [0.15, 0.2) is 0 Å². The molecule has 2 fully saturated rings. The van der Waals surface area contributed by atoms with E-state index >= 15 is 0 Å². The summed E-state index contributed by atoms with van der Waals surface area (Å²) in [4.78, 5) is 16.2. The van der Waals surface area contributed by atoms with Gasteiger partial charge in [-0.25, -0.2) is 0 Å². The van der Waals surface area contributed by atoms with Gasteiger partial charge in [0.2, 0.25) is 0 Å². The van der Waals surface area contributed by atoms with E-state index in [1.807, 2.05) is 13.8 Å². The first-order valence-electron chi connectivity index (χ1n) is 9.53. The van der Waals surface area contributed by atoms with Crippen molar-refractivity contribution in [3.8, 4) is 0 Å². The van der Waals surface area contributed by atoms with Crippen LogP contribution >= 0.6 is 0 Å². The molecular formula is C20H35N3O2. The summed E-state index contributed by atoms with van der Waals surface area (Å²) in [7, 11) is 0. The molecule has 5 nitrogen and oxygen atoms in total. The van der Waals surface area contributed by atoms with Gasteiger partial charge in [0.05, 0.1) is 11.5 Å². The highest BCUT2D eigenvalue weighted by molar-refractivity contribution is 5.77. The Bertz CT molecular complexity index is 588. The molecule has 2 rings (SSSR count). The van der Waals surface area contributed by atoms with Gasteiger partial charge in [-0.05, 0) is 54.9 Å². The van der Waals surface area contributed by atoms with Crippen LogP contribution in [0.1, 0.15) is 81.1 Å². The molecule has 5 unspecified atom stereocenters. The molecule has 0 amide bonds. The standard InChI is InChI=1S/C20H35N3O2/c1-13(22-23-21)19(7,12-17(2,3)4)16(24)25-15-11-14-9-10-20(15,8)18(14,5)6/h13-15H,9-12H2,1-8H3. The van der Waals surface area contributed by atoms with Gasteiger partial charge in [-0.3, -0.25) is 4.79 Å². The first kappa shape index (κ1) is 20.1. The van der Waals surface area contributed by atoms with Crippen LogP contribution < -0.4 is 0 Å². The Kier molecular flexibility index (Phi) is 4.98. The van der Waals surface area contributed by atoms with Crippen molar-refractivity contribution < 1.29 is 9.53 Å². The molecule has 0 spiro atoms. The number of ether oxygens (including phenoxy) is 1. The highest BCUT2D eigenvalue weighted by Crippen LogP contribution is 2.66. The van der Waals surface area contributed by atoms with Crippen LogP contribution in [0.25, 0.3) is 10.4 Å². The van der Waals surface area contributed by atoms with Crippen LogP contribution in [-0.2, 0) is 9.53 Å². The van der Waals surface area contributed by atoms with Crippen molar-refractivity contribution >= 4 is 5.97 Å². The lowest BCUT2D eigenvalue weighted by molar-refractivity contribution is -0.171. The Morgan fingerprint density at radius 3 is 2.32 bits per heavy atom. The molecule has 0 radical (unpaired) electrons. The fourth-order valence-corrected chi connectivity index (χ4v) is 5.27. The van der Waals surface area contributed by atoms with E-state index in [2.05, 4.69) is 51.6 Å². The Balaban J connectivity index is 2.25.